The molecule has 5 heteroatoms. The third kappa shape index (κ3) is 2.14. The molecule has 0 spiro atoms. The highest BCUT2D eigenvalue weighted by Gasteiger charge is 2.20. The Bertz CT molecular complexity index is 482. The van der Waals surface area contributed by atoms with Crippen LogP contribution >= 0.6 is 15.9 Å². The van der Waals surface area contributed by atoms with E-state index in [4.69, 9.17) is 5.73 Å². The monoisotopic (exact) mass is 283 g/mol. The minimum atomic E-state index is -0.275. The maximum Gasteiger partial charge on any atom is 0.124 e. The maximum atomic E-state index is 13.0. The fourth-order valence-electron chi connectivity index (χ4n) is 1.68. The van der Waals surface area contributed by atoms with Crippen molar-refractivity contribution in [1.82, 2.24) is 0 Å². The van der Waals surface area contributed by atoms with Crippen LogP contribution in [-0.4, -0.2) is 11.5 Å². The molecule has 1 heterocycles. The van der Waals surface area contributed by atoms with Crippen molar-refractivity contribution < 1.29 is 4.39 Å². The molecule has 0 fully saturated rings. The van der Waals surface area contributed by atoms with Gasteiger partial charge in [0.25, 0.3) is 0 Å². The van der Waals surface area contributed by atoms with Crippen LogP contribution in [0.3, 0.4) is 0 Å². The van der Waals surface area contributed by atoms with Gasteiger partial charge in [-0.15, -0.1) is 5.10 Å². The van der Waals surface area contributed by atoms with Crippen LogP contribution in [0.2, 0.25) is 0 Å². The first-order chi connectivity index (χ1) is 7.58. The van der Waals surface area contributed by atoms with Crippen LogP contribution in [0.15, 0.2) is 32.9 Å². The molecule has 1 aliphatic rings. The summed E-state index contributed by atoms with van der Waals surface area (Å²) in [6.45, 7) is 2.02. The molecule has 2 rings (SSSR count). The zero-order chi connectivity index (χ0) is 11.7. The molecule has 0 saturated carbocycles. The Morgan fingerprint density at radius 2 is 2.19 bits per heavy atom. The van der Waals surface area contributed by atoms with E-state index in [1.807, 2.05) is 6.92 Å². The Labute approximate surface area is 101 Å². The molecule has 1 aromatic rings. The SMILES string of the molecule is CC1CC(N)=NN=C1c1ccc(F)cc1Br. The Balaban J connectivity index is 2.44. The Morgan fingerprint density at radius 1 is 1.44 bits per heavy atom. The van der Waals surface area contributed by atoms with Crippen molar-refractivity contribution in [2.75, 3.05) is 0 Å². The summed E-state index contributed by atoms with van der Waals surface area (Å²) in [5, 5.41) is 7.95. The van der Waals surface area contributed by atoms with Crippen LogP contribution in [0.4, 0.5) is 4.39 Å². The quantitative estimate of drug-likeness (QED) is 0.847. The molecule has 1 aliphatic heterocycles. The first-order valence-electron chi connectivity index (χ1n) is 4.93. The lowest BCUT2D eigenvalue weighted by molar-refractivity contribution is 0.626. The van der Waals surface area contributed by atoms with Gasteiger partial charge in [0, 0.05) is 22.4 Å². The smallest absolute Gasteiger partial charge is 0.124 e. The van der Waals surface area contributed by atoms with Gasteiger partial charge in [-0.05, 0) is 18.2 Å². The average molecular weight is 284 g/mol. The van der Waals surface area contributed by atoms with Crippen LogP contribution in [-0.2, 0) is 0 Å². The van der Waals surface area contributed by atoms with Gasteiger partial charge < -0.3 is 5.73 Å². The summed E-state index contributed by atoms with van der Waals surface area (Å²) < 4.78 is 13.6. The van der Waals surface area contributed by atoms with Crippen molar-refractivity contribution in [3.63, 3.8) is 0 Å². The van der Waals surface area contributed by atoms with Gasteiger partial charge in [-0.1, -0.05) is 22.9 Å². The van der Waals surface area contributed by atoms with E-state index in [9.17, 15) is 4.39 Å². The zero-order valence-corrected chi connectivity index (χ0v) is 10.3. The van der Waals surface area contributed by atoms with Crippen molar-refractivity contribution in [1.29, 1.82) is 0 Å². The lowest BCUT2D eigenvalue weighted by Crippen LogP contribution is -2.25. The normalized spacial score (nSPS) is 20.3. The predicted molar refractivity (Wildman–Crippen MR) is 66.0 cm³/mol. The van der Waals surface area contributed by atoms with Crippen molar-refractivity contribution >= 4 is 27.5 Å². The highest BCUT2D eigenvalue weighted by molar-refractivity contribution is 9.10. The fraction of sp³-hybridized carbons (Fsp3) is 0.273. The van der Waals surface area contributed by atoms with E-state index in [0.29, 0.717) is 16.7 Å². The number of rotatable bonds is 1. The lowest BCUT2D eigenvalue weighted by Gasteiger charge is -2.18. The molecule has 0 aliphatic carbocycles. The van der Waals surface area contributed by atoms with Crippen LogP contribution in [0.5, 0.6) is 0 Å². The number of benzene rings is 1. The number of amidine groups is 1. The molecular weight excluding hydrogens is 273 g/mol. The molecule has 16 heavy (non-hydrogen) atoms. The third-order valence-corrected chi connectivity index (χ3v) is 3.13. The molecule has 0 bridgehead atoms. The van der Waals surface area contributed by atoms with Gasteiger partial charge in [0.05, 0.1) is 5.71 Å². The van der Waals surface area contributed by atoms with Gasteiger partial charge in [-0.3, -0.25) is 0 Å². The van der Waals surface area contributed by atoms with Crippen LogP contribution in [0, 0.1) is 11.7 Å². The maximum absolute atomic E-state index is 13.0. The van der Waals surface area contributed by atoms with Crippen LogP contribution in [0.25, 0.3) is 0 Å². The number of nitrogens with zero attached hydrogens (tertiary/aromatic N) is 2. The lowest BCUT2D eigenvalue weighted by atomic mass is 9.94. The fourth-order valence-corrected chi connectivity index (χ4v) is 2.24. The van der Waals surface area contributed by atoms with Gasteiger partial charge >= 0.3 is 0 Å². The first kappa shape index (κ1) is 11.3. The second-order valence-electron chi connectivity index (χ2n) is 3.81. The summed E-state index contributed by atoms with van der Waals surface area (Å²) in [4.78, 5) is 0. The molecule has 0 radical (unpaired) electrons. The summed E-state index contributed by atoms with van der Waals surface area (Å²) in [6, 6.07) is 4.54. The number of halogens is 2. The van der Waals surface area contributed by atoms with E-state index in [0.717, 1.165) is 11.3 Å². The van der Waals surface area contributed by atoms with Gasteiger partial charge in [-0.25, -0.2) is 4.39 Å². The van der Waals surface area contributed by atoms with Crippen molar-refractivity contribution in [2.45, 2.75) is 13.3 Å². The molecule has 1 aromatic carbocycles. The van der Waals surface area contributed by atoms with Gasteiger partial charge in [0.1, 0.15) is 11.7 Å². The highest BCUT2D eigenvalue weighted by atomic mass is 79.9. The van der Waals surface area contributed by atoms with Crippen molar-refractivity contribution in [3.05, 3.63) is 34.1 Å². The van der Waals surface area contributed by atoms with E-state index in [2.05, 4.69) is 26.1 Å². The Morgan fingerprint density at radius 3 is 2.81 bits per heavy atom. The molecule has 1 atom stereocenters. The summed E-state index contributed by atoms with van der Waals surface area (Å²) in [5.74, 6) is 0.455. The van der Waals surface area contributed by atoms with Crippen LogP contribution < -0.4 is 5.73 Å². The van der Waals surface area contributed by atoms with Gasteiger partial charge in [0.2, 0.25) is 0 Å². The van der Waals surface area contributed by atoms with Crippen molar-refractivity contribution in [3.8, 4) is 0 Å². The van der Waals surface area contributed by atoms with Gasteiger partial charge in [-0.2, -0.15) is 5.10 Å². The molecule has 3 nitrogen and oxygen atoms in total. The topological polar surface area (TPSA) is 50.7 Å². The largest absolute Gasteiger partial charge is 0.386 e. The Kier molecular flexibility index (Phi) is 3.05. The van der Waals surface area contributed by atoms with E-state index in [-0.39, 0.29) is 11.7 Å². The summed E-state index contributed by atoms with van der Waals surface area (Å²) in [5.41, 5.74) is 7.30. The molecule has 0 saturated heterocycles. The van der Waals surface area contributed by atoms with E-state index in [1.165, 1.54) is 12.1 Å². The molecule has 2 N–H and O–H groups in total. The summed E-state index contributed by atoms with van der Waals surface area (Å²) in [6.07, 6.45) is 0.683. The standard InChI is InChI=1S/C11H11BrFN3/c1-6-4-10(14)15-16-11(6)8-3-2-7(13)5-9(8)12/h2-3,5-6H,4H2,1H3,(H2,14,15). The van der Waals surface area contributed by atoms with E-state index >= 15 is 0 Å². The number of hydrogen-bond donors (Lipinski definition) is 1. The second kappa shape index (κ2) is 4.33. The zero-order valence-electron chi connectivity index (χ0n) is 8.74. The Hall–Kier alpha value is -1.23. The molecule has 84 valence electrons. The third-order valence-electron chi connectivity index (χ3n) is 2.48. The average Bonchev–Trinajstić information content (AvgIpc) is 2.19. The van der Waals surface area contributed by atoms with Crippen LogP contribution in [0.1, 0.15) is 18.9 Å². The predicted octanol–water partition coefficient (Wildman–Crippen LogP) is 2.69. The minimum absolute atomic E-state index is 0.194. The van der Waals surface area contributed by atoms with E-state index in [1.54, 1.807) is 6.07 Å². The number of hydrogen-bond acceptors (Lipinski definition) is 3. The first-order valence-corrected chi connectivity index (χ1v) is 5.72. The molecular formula is C11H11BrFN3. The number of nitrogens with two attached hydrogens (primary N) is 1. The summed E-state index contributed by atoms with van der Waals surface area (Å²) in [7, 11) is 0. The molecule has 1 unspecified atom stereocenters. The molecule has 0 aromatic heterocycles. The van der Waals surface area contributed by atoms with E-state index < -0.39 is 0 Å². The van der Waals surface area contributed by atoms with Gasteiger partial charge in [0.15, 0.2) is 0 Å². The molecule has 0 amide bonds. The van der Waals surface area contributed by atoms with Crippen molar-refractivity contribution in [2.24, 2.45) is 21.9 Å². The minimum Gasteiger partial charge on any atom is -0.386 e. The second-order valence-corrected chi connectivity index (χ2v) is 4.66. The summed E-state index contributed by atoms with van der Waals surface area (Å²) >= 11 is 3.32. The highest BCUT2D eigenvalue weighted by Crippen LogP contribution is 2.24.